The maximum Gasteiger partial charge on any atom is 0.262 e. The van der Waals surface area contributed by atoms with Crippen LogP contribution in [0.1, 0.15) is 46.3 Å². The molecule has 1 aliphatic carbocycles. The van der Waals surface area contributed by atoms with Gasteiger partial charge in [0.1, 0.15) is 16.5 Å². The van der Waals surface area contributed by atoms with E-state index in [0.29, 0.717) is 34.8 Å². The molecule has 0 saturated heterocycles. The van der Waals surface area contributed by atoms with Crippen LogP contribution in [0, 0.1) is 23.1 Å². The number of fused-ring (bicyclic) bond motifs is 3. The van der Waals surface area contributed by atoms with E-state index in [-0.39, 0.29) is 17.8 Å². The fourth-order valence-electron chi connectivity index (χ4n) is 4.50. The number of aromatic nitrogens is 2. The van der Waals surface area contributed by atoms with Gasteiger partial charge in [-0.25, -0.2) is 9.37 Å². The number of halogens is 1. The van der Waals surface area contributed by atoms with Crippen molar-refractivity contribution in [1.82, 2.24) is 9.55 Å². The van der Waals surface area contributed by atoms with Crippen LogP contribution in [0.4, 0.5) is 4.39 Å². The molecule has 160 valence electrons. The van der Waals surface area contributed by atoms with Crippen molar-refractivity contribution in [2.45, 2.75) is 39.2 Å². The van der Waals surface area contributed by atoms with E-state index in [4.69, 9.17) is 4.98 Å². The van der Waals surface area contributed by atoms with Crippen molar-refractivity contribution in [1.29, 1.82) is 5.26 Å². The van der Waals surface area contributed by atoms with Crippen LogP contribution < -0.4 is 5.56 Å². The summed E-state index contributed by atoms with van der Waals surface area (Å²) in [5, 5.41) is 9.97. The molecule has 0 radical (unpaired) electrons. The van der Waals surface area contributed by atoms with Gasteiger partial charge in [0.05, 0.1) is 23.6 Å². The summed E-state index contributed by atoms with van der Waals surface area (Å²) >= 11 is 1.61. The molecule has 2 heterocycles. The van der Waals surface area contributed by atoms with Crippen molar-refractivity contribution in [3.05, 3.63) is 97.7 Å². The lowest BCUT2D eigenvalue weighted by molar-refractivity contribution is 0.509. The maximum atomic E-state index is 14.4. The first-order valence-electron chi connectivity index (χ1n) is 10.8. The van der Waals surface area contributed by atoms with Crippen molar-refractivity contribution in [2.75, 3.05) is 0 Å². The molecule has 1 atom stereocenters. The van der Waals surface area contributed by atoms with Crippen LogP contribution in [0.2, 0.25) is 0 Å². The molecule has 0 aliphatic heterocycles. The molecule has 0 fully saturated rings. The van der Waals surface area contributed by atoms with E-state index >= 15 is 0 Å². The van der Waals surface area contributed by atoms with Crippen molar-refractivity contribution in [2.24, 2.45) is 5.92 Å². The van der Waals surface area contributed by atoms with Crippen LogP contribution in [-0.4, -0.2) is 9.55 Å². The maximum absolute atomic E-state index is 14.4. The van der Waals surface area contributed by atoms with Gasteiger partial charge in [-0.1, -0.05) is 37.3 Å². The Bertz CT molecular complexity index is 1430. The van der Waals surface area contributed by atoms with Gasteiger partial charge in [-0.05, 0) is 60.1 Å². The van der Waals surface area contributed by atoms with E-state index in [0.717, 1.165) is 35.2 Å². The van der Waals surface area contributed by atoms with Crippen molar-refractivity contribution in [3.8, 4) is 6.07 Å². The predicted octanol–water partition coefficient (Wildman–Crippen LogP) is 5.23. The molecule has 6 heteroatoms. The normalized spacial score (nSPS) is 15.5. The van der Waals surface area contributed by atoms with Crippen molar-refractivity contribution < 1.29 is 4.39 Å². The van der Waals surface area contributed by atoms with Crippen LogP contribution in [-0.2, 0) is 25.8 Å². The summed E-state index contributed by atoms with van der Waals surface area (Å²) in [4.78, 5) is 20.7. The molecule has 0 bridgehead atoms. The number of benzene rings is 2. The molecule has 32 heavy (non-hydrogen) atoms. The highest BCUT2D eigenvalue weighted by molar-refractivity contribution is 7.18. The van der Waals surface area contributed by atoms with E-state index < -0.39 is 0 Å². The third-order valence-corrected chi connectivity index (χ3v) is 7.35. The van der Waals surface area contributed by atoms with Gasteiger partial charge < -0.3 is 0 Å². The molecular formula is C26H22FN3OS. The Morgan fingerprint density at radius 1 is 1.25 bits per heavy atom. The van der Waals surface area contributed by atoms with Gasteiger partial charge in [0.2, 0.25) is 0 Å². The summed E-state index contributed by atoms with van der Waals surface area (Å²) in [6.07, 6.45) is 3.17. The highest BCUT2D eigenvalue weighted by atomic mass is 32.1. The molecule has 0 amide bonds. The highest BCUT2D eigenvalue weighted by Crippen LogP contribution is 2.36. The smallest absolute Gasteiger partial charge is 0.262 e. The Hall–Kier alpha value is -3.30. The van der Waals surface area contributed by atoms with Gasteiger partial charge in [0.25, 0.3) is 5.56 Å². The van der Waals surface area contributed by atoms with E-state index in [9.17, 15) is 14.4 Å². The Labute approximate surface area is 189 Å². The average Bonchev–Trinajstić information content (AvgIpc) is 3.15. The zero-order chi connectivity index (χ0) is 22.2. The first-order chi connectivity index (χ1) is 15.5. The lowest BCUT2D eigenvalue weighted by Crippen LogP contribution is -2.27. The minimum atomic E-state index is -0.306. The molecule has 0 saturated carbocycles. The summed E-state index contributed by atoms with van der Waals surface area (Å²) in [5.74, 6) is 0.838. The molecule has 1 aliphatic rings. The lowest BCUT2D eigenvalue weighted by Gasteiger charge is -2.18. The number of nitriles is 1. The zero-order valence-electron chi connectivity index (χ0n) is 17.8. The van der Waals surface area contributed by atoms with Crippen LogP contribution >= 0.6 is 11.3 Å². The minimum absolute atomic E-state index is 0.0734. The average molecular weight is 444 g/mol. The largest absolute Gasteiger partial charge is 0.291 e. The SMILES string of the molecule is CC1CCc2c(sc3nc(Cc4ccccc4F)n(Cc4cccc(C#N)c4)c(=O)c23)C1. The molecule has 5 rings (SSSR count). The number of aryl methyl sites for hydroxylation is 1. The van der Waals surface area contributed by atoms with Gasteiger partial charge in [-0.3, -0.25) is 9.36 Å². The summed E-state index contributed by atoms with van der Waals surface area (Å²) in [5.41, 5.74) is 2.96. The lowest BCUT2D eigenvalue weighted by atomic mass is 9.89. The predicted molar refractivity (Wildman–Crippen MR) is 125 cm³/mol. The topological polar surface area (TPSA) is 58.7 Å². The molecule has 2 aromatic carbocycles. The molecular weight excluding hydrogens is 421 g/mol. The Balaban J connectivity index is 1.69. The number of nitrogens with zero attached hydrogens (tertiary/aromatic N) is 3. The van der Waals surface area contributed by atoms with Gasteiger partial charge in [0, 0.05) is 11.3 Å². The van der Waals surface area contributed by atoms with E-state index in [1.165, 1.54) is 10.9 Å². The van der Waals surface area contributed by atoms with Gasteiger partial charge in [0.15, 0.2) is 0 Å². The van der Waals surface area contributed by atoms with Gasteiger partial charge in [-0.15, -0.1) is 11.3 Å². The molecule has 4 nitrogen and oxygen atoms in total. The highest BCUT2D eigenvalue weighted by Gasteiger charge is 2.25. The second kappa shape index (κ2) is 8.33. The van der Waals surface area contributed by atoms with Crippen LogP contribution in [0.25, 0.3) is 10.2 Å². The number of hydrogen-bond acceptors (Lipinski definition) is 4. The molecule has 4 aromatic rings. The number of hydrogen-bond donors (Lipinski definition) is 0. The second-order valence-corrected chi connectivity index (χ2v) is 9.62. The minimum Gasteiger partial charge on any atom is -0.291 e. The number of thiophene rings is 1. The Morgan fingerprint density at radius 3 is 2.91 bits per heavy atom. The Morgan fingerprint density at radius 2 is 2.09 bits per heavy atom. The summed E-state index contributed by atoms with van der Waals surface area (Å²) < 4.78 is 16.1. The quantitative estimate of drug-likeness (QED) is 0.434. The summed E-state index contributed by atoms with van der Waals surface area (Å²) in [6, 6.07) is 16.0. The summed E-state index contributed by atoms with van der Waals surface area (Å²) in [6.45, 7) is 2.53. The third kappa shape index (κ3) is 3.74. The standard InChI is InChI=1S/C26H22FN3OS/c1-16-9-10-20-22(11-16)32-25-24(20)26(31)30(15-18-6-4-5-17(12-18)14-28)23(29-25)13-19-7-2-3-8-21(19)27/h2-8,12,16H,9-11,13,15H2,1H3. The number of rotatable bonds is 4. The first kappa shape index (κ1) is 20.6. The van der Waals surface area contributed by atoms with Crippen molar-refractivity contribution >= 4 is 21.6 Å². The summed E-state index contributed by atoms with van der Waals surface area (Å²) in [7, 11) is 0. The van der Waals surface area contributed by atoms with Crippen LogP contribution in [0.15, 0.2) is 53.3 Å². The van der Waals surface area contributed by atoms with E-state index in [1.807, 2.05) is 12.1 Å². The molecule has 1 unspecified atom stereocenters. The van der Waals surface area contributed by atoms with Crippen molar-refractivity contribution in [3.63, 3.8) is 0 Å². The first-order valence-corrected chi connectivity index (χ1v) is 11.6. The van der Waals surface area contributed by atoms with Gasteiger partial charge >= 0.3 is 0 Å². The Kier molecular flexibility index (Phi) is 5.36. The fourth-order valence-corrected chi connectivity index (χ4v) is 5.89. The van der Waals surface area contributed by atoms with E-state index in [2.05, 4.69) is 13.0 Å². The van der Waals surface area contributed by atoms with Crippen LogP contribution in [0.5, 0.6) is 0 Å². The third-order valence-electron chi connectivity index (χ3n) is 6.20. The fraction of sp³-hybridized carbons (Fsp3) is 0.269. The molecule has 2 aromatic heterocycles. The van der Waals surface area contributed by atoms with Gasteiger partial charge in [-0.2, -0.15) is 5.26 Å². The van der Waals surface area contributed by atoms with E-state index in [1.54, 1.807) is 46.2 Å². The zero-order valence-corrected chi connectivity index (χ0v) is 18.6. The molecule has 0 spiro atoms. The second-order valence-electron chi connectivity index (χ2n) is 8.53. The molecule has 0 N–H and O–H groups in total. The monoisotopic (exact) mass is 443 g/mol. The van der Waals surface area contributed by atoms with Crippen LogP contribution in [0.3, 0.4) is 0 Å².